The number of phenolic OH excluding ortho intramolecular Hbond substituents is 1. The first-order chi connectivity index (χ1) is 13.8. The van der Waals surface area contributed by atoms with Crippen LogP contribution in [0.25, 0.3) is 0 Å². The molecule has 0 amide bonds. The lowest BCUT2D eigenvalue weighted by molar-refractivity contribution is -0.158. The number of phenols is 1. The van der Waals surface area contributed by atoms with Gasteiger partial charge in [-0.2, -0.15) is 0 Å². The average molecular weight is 426 g/mol. The lowest BCUT2D eigenvalue weighted by Crippen LogP contribution is -2.39. The number of rotatable bonds is 7. The van der Waals surface area contributed by atoms with Gasteiger partial charge in [-0.1, -0.05) is 12.1 Å². The number of carbonyl (C=O) groups excluding carboxylic acids is 1. The lowest BCUT2D eigenvalue weighted by atomic mass is 9.82. The fourth-order valence-corrected chi connectivity index (χ4v) is 6.02. The highest BCUT2D eigenvalue weighted by molar-refractivity contribution is 7.90. The summed E-state index contributed by atoms with van der Waals surface area (Å²) in [5.74, 6) is 0.293. The van der Waals surface area contributed by atoms with Crippen molar-refractivity contribution < 1.29 is 27.8 Å². The fraction of sp³-hybridized carbons (Fsp3) is 0.667. The number of sulfonamides is 1. The molecule has 2 N–H and O–H groups in total. The predicted octanol–water partition coefficient (Wildman–Crippen LogP) is 2.70. The van der Waals surface area contributed by atoms with E-state index >= 15 is 0 Å². The molecule has 29 heavy (non-hydrogen) atoms. The van der Waals surface area contributed by atoms with Crippen molar-refractivity contribution in [2.75, 3.05) is 20.8 Å². The number of nitrogens with one attached hydrogen (secondary N) is 1. The summed E-state index contributed by atoms with van der Waals surface area (Å²) in [7, 11) is -0.694. The third-order valence-electron chi connectivity index (χ3n) is 6.52. The molecule has 3 rings (SSSR count). The Morgan fingerprint density at radius 2 is 1.97 bits per heavy atom. The molecule has 0 aliphatic heterocycles. The van der Waals surface area contributed by atoms with E-state index < -0.39 is 20.7 Å². The molecule has 1 aromatic rings. The Morgan fingerprint density at radius 1 is 1.24 bits per heavy atom. The highest BCUT2D eigenvalue weighted by Gasteiger charge is 2.50. The normalized spacial score (nSPS) is 30.2. The molecule has 2 fully saturated rings. The molecule has 7 nitrogen and oxygen atoms in total. The van der Waals surface area contributed by atoms with E-state index in [1.807, 2.05) is 18.2 Å². The molecule has 0 spiro atoms. The molecule has 0 radical (unpaired) electrons. The average Bonchev–Trinajstić information content (AvgIpc) is 3.19. The Kier molecular flexibility index (Phi) is 6.86. The fourth-order valence-electron chi connectivity index (χ4n) is 4.72. The first-order valence-electron chi connectivity index (χ1n) is 10.2. The van der Waals surface area contributed by atoms with Gasteiger partial charge in [-0.3, -0.25) is 4.79 Å². The standard InChI is InChI=1S/C21H31NO6S/c1-22-29(25,26)19-10-11-21(13-19,20(24)27-2)14-28-18-8-6-15(7-9-18)16-4-3-5-17(23)12-16/h3-5,12,15,18-19,22-23H,6-11,13-14H2,1-2H3/t15?,18?,19-,21-/m0/s1. The van der Waals surface area contributed by atoms with Gasteiger partial charge in [0.2, 0.25) is 10.0 Å². The van der Waals surface area contributed by atoms with Crippen molar-refractivity contribution in [3.8, 4) is 5.75 Å². The summed E-state index contributed by atoms with van der Waals surface area (Å²) in [5, 5.41) is 9.09. The van der Waals surface area contributed by atoms with E-state index in [1.54, 1.807) is 6.07 Å². The second-order valence-electron chi connectivity index (χ2n) is 8.27. The third kappa shape index (κ3) is 4.92. The highest BCUT2D eigenvalue weighted by atomic mass is 32.2. The summed E-state index contributed by atoms with van der Waals surface area (Å²) in [4.78, 5) is 12.5. The number of hydrogen-bond donors (Lipinski definition) is 2. The van der Waals surface area contributed by atoms with Crippen molar-refractivity contribution in [3.63, 3.8) is 0 Å². The molecule has 0 heterocycles. The van der Waals surface area contributed by atoms with Gasteiger partial charge in [0.05, 0.1) is 30.5 Å². The Balaban J connectivity index is 1.58. The van der Waals surface area contributed by atoms with Crippen molar-refractivity contribution in [2.24, 2.45) is 5.41 Å². The molecule has 2 saturated carbocycles. The molecule has 2 atom stereocenters. The first-order valence-corrected chi connectivity index (χ1v) is 11.8. The molecule has 0 saturated heterocycles. The summed E-state index contributed by atoms with van der Waals surface area (Å²) < 4.78 is 37.9. The van der Waals surface area contributed by atoms with Gasteiger partial charge in [0.15, 0.2) is 0 Å². The van der Waals surface area contributed by atoms with Crippen LogP contribution in [0.1, 0.15) is 56.4 Å². The van der Waals surface area contributed by atoms with Crippen molar-refractivity contribution in [3.05, 3.63) is 29.8 Å². The van der Waals surface area contributed by atoms with Gasteiger partial charge in [0.1, 0.15) is 5.75 Å². The number of carbonyl (C=O) groups is 1. The van der Waals surface area contributed by atoms with E-state index in [0.717, 1.165) is 31.2 Å². The summed E-state index contributed by atoms with van der Waals surface area (Å²) in [6.45, 7) is 0.191. The molecule has 0 unspecified atom stereocenters. The zero-order chi connectivity index (χ0) is 21.1. The minimum Gasteiger partial charge on any atom is -0.508 e. The summed E-state index contributed by atoms with van der Waals surface area (Å²) in [6.07, 6.45) is 4.79. The topological polar surface area (TPSA) is 102 Å². The van der Waals surface area contributed by atoms with Gasteiger partial charge in [0, 0.05) is 0 Å². The van der Waals surface area contributed by atoms with Gasteiger partial charge < -0.3 is 14.6 Å². The van der Waals surface area contributed by atoms with Crippen LogP contribution in [0, 0.1) is 5.41 Å². The van der Waals surface area contributed by atoms with Crippen LogP contribution in [0.2, 0.25) is 0 Å². The minimum atomic E-state index is -3.43. The van der Waals surface area contributed by atoms with Crippen LogP contribution in [-0.4, -0.2) is 51.6 Å². The number of benzene rings is 1. The van der Waals surface area contributed by atoms with Crippen molar-refractivity contribution >= 4 is 16.0 Å². The van der Waals surface area contributed by atoms with E-state index in [1.165, 1.54) is 14.2 Å². The molecule has 162 valence electrons. The molecule has 2 aliphatic carbocycles. The summed E-state index contributed by atoms with van der Waals surface area (Å²) >= 11 is 0. The first kappa shape index (κ1) is 22.1. The van der Waals surface area contributed by atoms with E-state index in [0.29, 0.717) is 18.8 Å². The maximum Gasteiger partial charge on any atom is 0.314 e. The van der Waals surface area contributed by atoms with Crippen LogP contribution in [0.4, 0.5) is 0 Å². The predicted molar refractivity (Wildman–Crippen MR) is 109 cm³/mol. The monoisotopic (exact) mass is 425 g/mol. The molecular weight excluding hydrogens is 394 g/mol. The number of ether oxygens (including phenoxy) is 2. The molecule has 0 aromatic heterocycles. The number of aromatic hydroxyl groups is 1. The van der Waals surface area contributed by atoms with Crippen LogP contribution in [-0.2, 0) is 24.3 Å². The Bertz CT molecular complexity index is 818. The third-order valence-corrected chi connectivity index (χ3v) is 8.37. The molecular formula is C21H31NO6S. The van der Waals surface area contributed by atoms with E-state index in [-0.39, 0.29) is 30.9 Å². The second kappa shape index (κ2) is 9.02. The molecule has 2 aliphatic rings. The quantitative estimate of drug-likeness (QED) is 0.651. The van der Waals surface area contributed by atoms with Crippen molar-refractivity contribution in [2.45, 2.75) is 62.2 Å². The van der Waals surface area contributed by atoms with Crippen molar-refractivity contribution in [1.29, 1.82) is 0 Å². The number of hydrogen-bond acceptors (Lipinski definition) is 6. The SMILES string of the molecule is CNS(=O)(=O)[C@H]1CC[C@](COC2CCC(c3cccc(O)c3)CC2)(C(=O)OC)C1. The highest BCUT2D eigenvalue weighted by Crippen LogP contribution is 2.43. The maximum absolute atomic E-state index is 12.5. The Labute approximate surface area is 172 Å². The largest absolute Gasteiger partial charge is 0.508 e. The van der Waals surface area contributed by atoms with Crippen LogP contribution < -0.4 is 4.72 Å². The number of esters is 1. The summed E-state index contributed by atoms with van der Waals surface area (Å²) in [6, 6.07) is 7.40. The van der Waals surface area contributed by atoms with Crippen LogP contribution in [0.15, 0.2) is 24.3 Å². The number of methoxy groups -OCH3 is 1. The van der Waals surface area contributed by atoms with Gasteiger partial charge in [-0.15, -0.1) is 0 Å². The van der Waals surface area contributed by atoms with Crippen LogP contribution in [0.3, 0.4) is 0 Å². The van der Waals surface area contributed by atoms with Gasteiger partial charge >= 0.3 is 5.97 Å². The second-order valence-corrected chi connectivity index (χ2v) is 10.4. The Morgan fingerprint density at radius 3 is 2.59 bits per heavy atom. The lowest BCUT2D eigenvalue weighted by Gasteiger charge is -2.32. The minimum absolute atomic E-state index is 0.0463. The van der Waals surface area contributed by atoms with Crippen LogP contribution in [0.5, 0.6) is 5.75 Å². The van der Waals surface area contributed by atoms with Gasteiger partial charge in [-0.05, 0) is 75.6 Å². The van der Waals surface area contributed by atoms with Gasteiger partial charge in [0.25, 0.3) is 0 Å². The van der Waals surface area contributed by atoms with E-state index in [4.69, 9.17) is 9.47 Å². The zero-order valence-corrected chi connectivity index (χ0v) is 17.9. The van der Waals surface area contributed by atoms with Gasteiger partial charge in [-0.25, -0.2) is 13.1 Å². The van der Waals surface area contributed by atoms with Crippen LogP contribution >= 0.6 is 0 Å². The molecule has 1 aromatic carbocycles. The molecule has 0 bridgehead atoms. The maximum atomic E-state index is 12.5. The van der Waals surface area contributed by atoms with E-state index in [2.05, 4.69) is 4.72 Å². The summed E-state index contributed by atoms with van der Waals surface area (Å²) in [5.41, 5.74) is 0.246. The molecule has 8 heteroatoms. The van der Waals surface area contributed by atoms with E-state index in [9.17, 15) is 18.3 Å². The Hall–Kier alpha value is -1.64. The smallest absolute Gasteiger partial charge is 0.314 e. The van der Waals surface area contributed by atoms with Crippen molar-refractivity contribution in [1.82, 2.24) is 4.72 Å². The zero-order valence-electron chi connectivity index (χ0n) is 17.1.